The lowest BCUT2D eigenvalue weighted by Crippen LogP contribution is -2.00. The number of carboxylic acid groups (broad SMARTS) is 1. The molecule has 0 radical (unpaired) electrons. The van der Waals surface area contributed by atoms with Crippen LogP contribution in [-0.4, -0.2) is 11.1 Å². The van der Waals surface area contributed by atoms with Crippen LogP contribution in [-0.2, 0) is 4.79 Å². The van der Waals surface area contributed by atoms with Crippen LogP contribution in [0.5, 0.6) is 0 Å². The van der Waals surface area contributed by atoms with Crippen LogP contribution >= 0.6 is 0 Å². The predicted molar refractivity (Wildman–Crippen MR) is 52.1 cm³/mol. The number of hydrogen-bond donors (Lipinski definition) is 1. The van der Waals surface area contributed by atoms with Crippen LogP contribution < -0.4 is 0 Å². The first kappa shape index (κ1) is 14.2. The van der Waals surface area contributed by atoms with Crippen molar-refractivity contribution in [2.24, 2.45) is 0 Å². The zero-order valence-corrected chi connectivity index (χ0v) is 8.17. The fourth-order valence-electron chi connectivity index (χ4n) is 0.557. The molecule has 0 amide bonds. The van der Waals surface area contributed by atoms with Crippen molar-refractivity contribution in [3.8, 4) is 0 Å². The van der Waals surface area contributed by atoms with E-state index in [-0.39, 0.29) is 5.57 Å². The summed E-state index contributed by atoms with van der Waals surface area (Å²) in [4.78, 5) is 10.3. The SMILES string of the molecule is C=C/C=C(F)\C(=C/C)C(=O)O.CC. The first-order valence-electron chi connectivity index (χ1n) is 4.01. The van der Waals surface area contributed by atoms with Gasteiger partial charge in [0, 0.05) is 0 Å². The predicted octanol–water partition coefficient (Wildman–Crippen LogP) is 3.08. The first-order valence-corrected chi connectivity index (χ1v) is 4.01. The summed E-state index contributed by atoms with van der Waals surface area (Å²) >= 11 is 0. The summed E-state index contributed by atoms with van der Waals surface area (Å²) in [6.45, 7) is 8.70. The van der Waals surface area contributed by atoms with Crippen LogP contribution in [0.1, 0.15) is 20.8 Å². The van der Waals surface area contributed by atoms with Crippen molar-refractivity contribution in [2.45, 2.75) is 20.8 Å². The minimum absolute atomic E-state index is 0.343. The van der Waals surface area contributed by atoms with Crippen molar-refractivity contribution >= 4 is 5.97 Å². The highest BCUT2D eigenvalue weighted by Gasteiger charge is 2.09. The molecule has 0 aliphatic carbocycles. The molecule has 0 heterocycles. The van der Waals surface area contributed by atoms with Crippen LogP contribution in [0.25, 0.3) is 0 Å². The topological polar surface area (TPSA) is 37.3 Å². The van der Waals surface area contributed by atoms with Gasteiger partial charge in [0.25, 0.3) is 0 Å². The summed E-state index contributed by atoms with van der Waals surface area (Å²) in [6.07, 6.45) is 3.39. The van der Waals surface area contributed by atoms with Gasteiger partial charge in [-0.25, -0.2) is 9.18 Å². The zero-order valence-electron chi connectivity index (χ0n) is 8.17. The quantitative estimate of drug-likeness (QED) is 0.543. The third-order valence-electron chi connectivity index (χ3n) is 1.04. The fraction of sp³-hybridized carbons (Fsp3) is 0.300. The number of carboxylic acids is 1. The Kier molecular flexibility index (Phi) is 9.49. The summed E-state index contributed by atoms with van der Waals surface area (Å²) in [5.41, 5.74) is -0.343. The van der Waals surface area contributed by atoms with Crippen molar-refractivity contribution in [3.05, 3.63) is 36.2 Å². The Balaban J connectivity index is 0. The van der Waals surface area contributed by atoms with Crippen molar-refractivity contribution in [3.63, 3.8) is 0 Å². The van der Waals surface area contributed by atoms with Gasteiger partial charge in [0.15, 0.2) is 0 Å². The van der Waals surface area contributed by atoms with Gasteiger partial charge < -0.3 is 5.11 Å². The van der Waals surface area contributed by atoms with E-state index >= 15 is 0 Å². The maximum atomic E-state index is 12.7. The van der Waals surface area contributed by atoms with Crippen molar-refractivity contribution < 1.29 is 14.3 Å². The Hall–Kier alpha value is -1.38. The van der Waals surface area contributed by atoms with Gasteiger partial charge in [-0.05, 0) is 13.0 Å². The maximum absolute atomic E-state index is 12.7. The highest BCUT2D eigenvalue weighted by Crippen LogP contribution is 2.10. The van der Waals surface area contributed by atoms with Crippen molar-refractivity contribution in [1.29, 1.82) is 0 Å². The standard InChI is InChI=1S/C8H9FO2.C2H6/c1-3-5-7(9)6(4-2)8(10)11;1-2/h3-5H,1H2,2H3,(H,10,11);1-2H3/b6-4+,7-5+;. The average molecular weight is 186 g/mol. The third kappa shape index (κ3) is 5.84. The molecule has 1 N–H and O–H groups in total. The molecule has 0 aromatic rings. The van der Waals surface area contributed by atoms with Gasteiger partial charge >= 0.3 is 5.97 Å². The molecule has 0 saturated heterocycles. The van der Waals surface area contributed by atoms with E-state index in [1.807, 2.05) is 13.8 Å². The lowest BCUT2D eigenvalue weighted by atomic mass is 10.2. The monoisotopic (exact) mass is 186 g/mol. The summed E-state index contributed by atoms with van der Waals surface area (Å²) in [7, 11) is 0. The van der Waals surface area contributed by atoms with Gasteiger partial charge in [-0.2, -0.15) is 0 Å². The molecule has 0 fully saturated rings. The summed E-state index contributed by atoms with van der Waals surface area (Å²) in [6, 6.07) is 0. The summed E-state index contributed by atoms with van der Waals surface area (Å²) in [5, 5.41) is 8.39. The van der Waals surface area contributed by atoms with E-state index in [1.54, 1.807) is 0 Å². The molecule has 0 rings (SSSR count). The van der Waals surface area contributed by atoms with Crippen LogP contribution in [0, 0.1) is 0 Å². The molecule has 0 saturated carbocycles. The van der Waals surface area contributed by atoms with Crippen LogP contribution in [0.2, 0.25) is 0 Å². The van der Waals surface area contributed by atoms with E-state index in [0.29, 0.717) is 0 Å². The minimum Gasteiger partial charge on any atom is -0.478 e. The molecular weight excluding hydrogens is 171 g/mol. The highest BCUT2D eigenvalue weighted by molar-refractivity contribution is 5.90. The number of hydrogen-bond acceptors (Lipinski definition) is 1. The number of aliphatic carboxylic acids is 1. The lowest BCUT2D eigenvalue weighted by Gasteiger charge is -1.94. The largest absolute Gasteiger partial charge is 0.478 e. The fourth-order valence-corrected chi connectivity index (χ4v) is 0.557. The summed E-state index contributed by atoms with van der Waals surface area (Å²) < 4.78 is 12.7. The average Bonchev–Trinajstić information content (AvgIpc) is 2.09. The van der Waals surface area contributed by atoms with Gasteiger partial charge in [0.1, 0.15) is 5.83 Å². The minimum atomic E-state index is -1.27. The molecule has 13 heavy (non-hydrogen) atoms. The molecule has 74 valence electrons. The Morgan fingerprint density at radius 2 is 1.92 bits per heavy atom. The first-order chi connectivity index (χ1) is 6.13. The third-order valence-corrected chi connectivity index (χ3v) is 1.04. The molecule has 0 bridgehead atoms. The highest BCUT2D eigenvalue weighted by atomic mass is 19.1. The molecular formula is C10H15FO2. The molecule has 0 aliphatic rings. The van der Waals surface area contributed by atoms with E-state index < -0.39 is 11.8 Å². The molecule has 0 atom stereocenters. The molecule has 0 spiro atoms. The zero-order chi connectivity index (χ0) is 10.9. The number of halogens is 1. The van der Waals surface area contributed by atoms with E-state index in [1.165, 1.54) is 19.1 Å². The molecule has 0 unspecified atom stereocenters. The maximum Gasteiger partial charge on any atom is 0.338 e. The second kappa shape index (κ2) is 8.71. The van der Waals surface area contributed by atoms with Gasteiger partial charge in [-0.3, -0.25) is 0 Å². The summed E-state index contributed by atoms with van der Waals surface area (Å²) in [5.74, 6) is -2.06. The molecule has 3 heteroatoms. The molecule has 2 nitrogen and oxygen atoms in total. The van der Waals surface area contributed by atoms with Crippen LogP contribution in [0.15, 0.2) is 36.2 Å². The van der Waals surface area contributed by atoms with Crippen molar-refractivity contribution in [2.75, 3.05) is 0 Å². The number of carbonyl (C=O) groups is 1. The second-order valence-corrected chi connectivity index (χ2v) is 1.76. The molecule has 0 aromatic carbocycles. The van der Waals surface area contributed by atoms with Gasteiger partial charge in [-0.15, -0.1) is 0 Å². The molecule has 0 aliphatic heterocycles. The second-order valence-electron chi connectivity index (χ2n) is 1.76. The van der Waals surface area contributed by atoms with Crippen molar-refractivity contribution in [1.82, 2.24) is 0 Å². The van der Waals surface area contributed by atoms with Gasteiger partial charge in [0.05, 0.1) is 5.57 Å². The van der Waals surface area contributed by atoms with E-state index in [4.69, 9.17) is 5.11 Å². The van der Waals surface area contributed by atoms with Gasteiger partial charge in [-0.1, -0.05) is 32.6 Å². The Morgan fingerprint density at radius 1 is 1.46 bits per heavy atom. The Bertz CT molecular complexity index is 227. The Labute approximate surface area is 78.1 Å². The normalized spacial score (nSPS) is 11.4. The van der Waals surface area contributed by atoms with E-state index in [2.05, 4.69) is 6.58 Å². The van der Waals surface area contributed by atoms with Gasteiger partial charge in [0.2, 0.25) is 0 Å². The smallest absolute Gasteiger partial charge is 0.338 e. The van der Waals surface area contributed by atoms with Crippen LogP contribution in [0.3, 0.4) is 0 Å². The molecule has 0 aromatic heterocycles. The lowest BCUT2D eigenvalue weighted by molar-refractivity contribution is -0.132. The number of allylic oxidation sites excluding steroid dienone is 3. The van der Waals surface area contributed by atoms with E-state index in [9.17, 15) is 9.18 Å². The number of rotatable bonds is 3. The Morgan fingerprint density at radius 3 is 2.15 bits per heavy atom. The van der Waals surface area contributed by atoms with Crippen LogP contribution in [0.4, 0.5) is 4.39 Å². The van der Waals surface area contributed by atoms with E-state index in [0.717, 1.165) is 6.08 Å².